The first-order valence-electron chi connectivity index (χ1n) is 13.1. The number of amides is 2. The van der Waals surface area contributed by atoms with E-state index in [1.807, 2.05) is 0 Å². The molecular formula is C28H32F3FeN7O4S. The Morgan fingerprint density at radius 1 is 1.14 bits per heavy atom. The summed E-state index contributed by atoms with van der Waals surface area (Å²) >= 11 is 4.90. The quantitative estimate of drug-likeness (QED) is 0.0461. The summed E-state index contributed by atoms with van der Waals surface area (Å²) in [5, 5.41) is 14.4. The van der Waals surface area contributed by atoms with Crippen LogP contribution in [0.2, 0.25) is 0 Å². The predicted octanol–water partition coefficient (Wildman–Crippen LogP) is 4.87. The van der Waals surface area contributed by atoms with Crippen LogP contribution in [0.25, 0.3) is 5.73 Å². The molecule has 0 saturated carbocycles. The Labute approximate surface area is 269 Å². The number of nitrogens with one attached hydrogen (secondary N) is 2. The summed E-state index contributed by atoms with van der Waals surface area (Å²) in [4.78, 5) is 27.0. The molecule has 0 saturated heterocycles. The number of hydrogen-bond donors (Lipinski definition) is 2. The van der Waals surface area contributed by atoms with Gasteiger partial charge in [0, 0.05) is 32.0 Å². The maximum Gasteiger partial charge on any atom is 2.00 e. The van der Waals surface area contributed by atoms with E-state index in [1.165, 1.54) is 12.1 Å². The molecule has 3 rings (SSSR count). The molecule has 0 fully saturated rings. The summed E-state index contributed by atoms with van der Waals surface area (Å²) < 4.78 is 45.6. The standard InChI is InChI=1S/C18H20F3N5O2S.C10H14N2O2.Fe/c19-18(20,21)28-14-6-3-4-12(10-14)11-16(27)23-15-9-8-13(25-26-15)5-1-2-7-17(29)24-22;1-14-6-4-9(10(11)13)8-3-2-5-12-7-8;/h3-4,6,8-10H,1-2,5,7,11,22H2,(H,24,29)(H,23,26,27);2-3,5,7,9H,4,6H2,1H3,(H2,11,13);/q;;+2/p-2. The zero-order valence-electron chi connectivity index (χ0n) is 23.7. The van der Waals surface area contributed by atoms with E-state index in [2.05, 4.69) is 30.3 Å². The Morgan fingerprint density at radius 2 is 1.91 bits per heavy atom. The normalized spacial score (nSPS) is 11.8. The van der Waals surface area contributed by atoms with Gasteiger partial charge in [0.2, 0.25) is 5.91 Å². The number of hydrazone groups is 1. The molecule has 2 amide bonds. The topological polar surface area (TPSA) is 165 Å². The van der Waals surface area contributed by atoms with Crippen molar-refractivity contribution in [1.82, 2.24) is 15.2 Å². The molecule has 44 heavy (non-hydrogen) atoms. The number of methoxy groups -OCH3 is 1. The van der Waals surface area contributed by atoms with E-state index in [9.17, 15) is 22.8 Å². The second-order valence-electron chi connectivity index (χ2n) is 9.04. The van der Waals surface area contributed by atoms with Gasteiger partial charge < -0.3 is 43.8 Å². The number of carbonyl (C=O) groups excluding carboxylic acids is 2. The van der Waals surface area contributed by atoms with Gasteiger partial charge in [0.05, 0.1) is 18.0 Å². The number of hydrogen-bond acceptors (Lipinski definition) is 10. The molecule has 0 radical (unpaired) electrons. The first kappa shape index (κ1) is 38.2. The average Bonchev–Trinajstić information content (AvgIpc) is 2.96. The smallest absolute Gasteiger partial charge is 0.763 e. The van der Waals surface area contributed by atoms with E-state index in [0.717, 1.165) is 36.2 Å². The third-order valence-corrected chi connectivity index (χ3v) is 6.02. The number of ether oxygens (including phenoxy) is 2. The summed E-state index contributed by atoms with van der Waals surface area (Å²) in [6.45, 7) is 0.476. The molecule has 1 unspecified atom stereocenters. The van der Waals surface area contributed by atoms with Crippen molar-refractivity contribution < 1.29 is 49.3 Å². The summed E-state index contributed by atoms with van der Waals surface area (Å²) in [6, 6.07) is 12.2. The molecule has 1 aromatic carbocycles. The first-order valence-corrected chi connectivity index (χ1v) is 13.5. The van der Waals surface area contributed by atoms with Crippen LogP contribution < -0.4 is 15.9 Å². The Hall–Kier alpha value is -3.85. The van der Waals surface area contributed by atoms with E-state index in [0.29, 0.717) is 36.5 Å². The molecule has 3 aromatic rings. The number of halogens is 3. The molecule has 4 N–H and O–H groups in total. The number of nitrogens with two attached hydrogens (primary N) is 1. The zero-order chi connectivity index (χ0) is 31.7. The number of benzene rings is 1. The average molecular weight is 676 g/mol. The number of aromatic nitrogens is 3. The predicted molar refractivity (Wildman–Crippen MR) is 157 cm³/mol. The number of anilines is 1. The SMILES string of the molecule is COCCC(C([NH-])=O)c1cccnc1.N/N=C(\[S-])CCCCc1ccc(NC(=O)Cc2cccc(OC(F)(F)F)c2)nn1.[Fe+2]. The molecule has 0 spiro atoms. The van der Waals surface area contributed by atoms with Crippen molar-refractivity contribution in [2.75, 3.05) is 19.0 Å². The van der Waals surface area contributed by atoms with E-state index in [4.69, 9.17) is 28.9 Å². The number of pyridine rings is 1. The fourth-order valence-corrected chi connectivity index (χ4v) is 3.84. The molecule has 0 aliphatic heterocycles. The van der Waals surface area contributed by atoms with Crippen LogP contribution in [-0.4, -0.2) is 52.1 Å². The number of rotatable bonds is 14. The van der Waals surface area contributed by atoms with Gasteiger partial charge >= 0.3 is 23.4 Å². The largest absolute Gasteiger partial charge is 2.00 e. The molecule has 16 heteroatoms. The van der Waals surface area contributed by atoms with Crippen LogP contribution in [0.1, 0.15) is 48.4 Å². The van der Waals surface area contributed by atoms with E-state index >= 15 is 0 Å². The molecule has 238 valence electrons. The molecule has 0 aliphatic rings. The van der Waals surface area contributed by atoms with Gasteiger partial charge in [0.15, 0.2) is 5.82 Å². The van der Waals surface area contributed by atoms with Crippen molar-refractivity contribution in [2.45, 2.75) is 50.8 Å². The number of nitrogens with zero attached hydrogens (tertiary/aromatic N) is 4. The van der Waals surface area contributed by atoms with E-state index < -0.39 is 24.1 Å². The fraction of sp³-hybridized carbons (Fsp3) is 0.357. The summed E-state index contributed by atoms with van der Waals surface area (Å²) in [5.41, 5.74) is 9.04. The second kappa shape index (κ2) is 20.2. The Balaban J connectivity index is 0.000000543. The molecule has 2 heterocycles. The maximum atomic E-state index is 12.3. The summed E-state index contributed by atoms with van der Waals surface area (Å²) in [7, 11) is 1.58. The molecule has 11 nitrogen and oxygen atoms in total. The Morgan fingerprint density at radius 3 is 2.50 bits per heavy atom. The van der Waals surface area contributed by atoms with E-state index in [-0.39, 0.29) is 35.1 Å². The van der Waals surface area contributed by atoms with Gasteiger partial charge in [-0.15, -0.1) is 18.3 Å². The third-order valence-electron chi connectivity index (χ3n) is 5.72. The van der Waals surface area contributed by atoms with Gasteiger partial charge in [-0.25, -0.2) is 5.10 Å². The monoisotopic (exact) mass is 675 g/mol. The number of carbonyl (C=O) groups is 2. The van der Waals surface area contributed by atoms with Crippen molar-refractivity contribution in [3.8, 4) is 5.75 Å². The van der Waals surface area contributed by atoms with Crippen molar-refractivity contribution in [1.29, 1.82) is 0 Å². The molecule has 1 atom stereocenters. The van der Waals surface area contributed by atoms with Crippen molar-refractivity contribution in [3.63, 3.8) is 0 Å². The van der Waals surface area contributed by atoms with Crippen LogP contribution in [0, 0.1) is 0 Å². The second-order valence-corrected chi connectivity index (χ2v) is 9.52. The van der Waals surface area contributed by atoms with Gasteiger partial charge in [-0.2, -0.15) is 5.10 Å². The Kier molecular flexibility index (Phi) is 17.5. The summed E-state index contributed by atoms with van der Waals surface area (Å²) in [6.07, 6.45) is 1.88. The van der Waals surface area contributed by atoms with Gasteiger partial charge in [0.25, 0.3) is 0 Å². The van der Waals surface area contributed by atoms with Crippen LogP contribution >= 0.6 is 0 Å². The van der Waals surface area contributed by atoms with Crippen LogP contribution in [0.5, 0.6) is 5.75 Å². The molecule has 0 bridgehead atoms. The number of unbranched alkanes of at least 4 members (excludes halogenated alkanes) is 1. The summed E-state index contributed by atoms with van der Waals surface area (Å²) in [5.74, 6) is 3.51. The van der Waals surface area contributed by atoms with E-state index in [1.54, 1.807) is 43.8 Å². The maximum absolute atomic E-state index is 12.3. The first-order chi connectivity index (χ1) is 20.5. The number of aryl methyl sites for hydroxylation is 1. The third kappa shape index (κ3) is 15.6. The van der Waals surface area contributed by atoms with Crippen molar-refractivity contribution >= 4 is 35.3 Å². The van der Waals surface area contributed by atoms with Crippen molar-refractivity contribution in [3.05, 3.63) is 83.5 Å². The van der Waals surface area contributed by atoms with Gasteiger partial charge in [0.1, 0.15) is 5.75 Å². The fourth-order valence-electron chi connectivity index (χ4n) is 3.70. The van der Waals surface area contributed by atoms with Crippen LogP contribution in [0.15, 0.2) is 66.0 Å². The van der Waals surface area contributed by atoms with Crippen LogP contribution in [-0.2, 0) is 56.9 Å². The molecule has 2 aromatic heterocycles. The number of alkyl halides is 3. The zero-order valence-corrected chi connectivity index (χ0v) is 25.6. The van der Waals surface area contributed by atoms with Crippen LogP contribution in [0.4, 0.5) is 19.0 Å². The van der Waals surface area contributed by atoms with Gasteiger partial charge in [-0.1, -0.05) is 23.2 Å². The van der Waals surface area contributed by atoms with Gasteiger partial charge in [-0.05, 0) is 73.6 Å². The van der Waals surface area contributed by atoms with Crippen molar-refractivity contribution in [2.24, 2.45) is 10.9 Å². The minimum Gasteiger partial charge on any atom is -0.763 e. The minimum atomic E-state index is -4.79. The van der Waals surface area contributed by atoms with Gasteiger partial charge in [-0.3, -0.25) is 9.78 Å². The Bertz CT molecular complexity index is 1320. The molecule has 0 aliphatic carbocycles. The molecular weight excluding hydrogens is 643 g/mol. The van der Waals surface area contributed by atoms with Crippen LogP contribution in [0.3, 0.4) is 0 Å². The minimum absolute atomic E-state index is 0.